The van der Waals surface area contributed by atoms with Crippen LogP contribution >= 0.6 is 8.46 Å². The average Bonchev–Trinajstić information content (AvgIpc) is 1.38. The molecule has 0 aliphatic rings. The molecular weight excluding hydrogens is 372 g/mol. The fourth-order valence-corrected chi connectivity index (χ4v) is 0. The Labute approximate surface area is 81.5 Å². The largest absolute Gasteiger partial charge is 0.275 e. The summed E-state index contributed by atoms with van der Waals surface area (Å²) in [5.74, 6) is 0. The van der Waals surface area contributed by atoms with Crippen LogP contribution in [0.25, 0.3) is 0 Å². The van der Waals surface area contributed by atoms with Crippen LogP contribution in [0.4, 0.5) is 0 Å². The molecule has 0 unspecified atom stereocenters. The zero-order valence-electron chi connectivity index (χ0n) is 4.38. The van der Waals surface area contributed by atoms with Crippen molar-refractivity contribution < 1.29 is 54.2 Å². The molecular formula is C3H7OPUV. The van der Waals surface area contributed by atoms with Crippen LogP contribution in [0.2, 0.25) is 0 Å². The van der Waals surface area contributed by atoms with Crippen molar-refractivity contribution in [3.63, 3.8) is 0 Å². The van der Waals surface area contributed by atoms with Crippen molar-refractivity contribution >= 4 is 8.46 Å². The Bertz CT molecular complexity index is 41.9. The molecule has 0 aliphatic carbocycles. The van der Waals surface area contributed by atoms with Crippen LogP contribution in [-0.4, -0.2) is 5.66 Å². The fraction of sp³-hybridized carbons (Fsp3) is 1.00. The maximum atomic E-state index is 9.60. The smallest absolute Gasteiger partial charge is 0.158 e. The minimum Gasteiger partial charge on any atom is -0.275 e. The van der Waals surface area contributed by atoms with E-state index in [2.05, 4.69) is 0 Å². The molecule has 4 heteroatoms. The van der Waals surface area contributed by atoms with Crippen molar-refractivity contribution in [2.24, 2.45) is 0 Å². The molecule has 0 atom stereocenters. The molecule has 0 saturated carbocycles. The van der Waals surface area contributed by atoms with Gasteiger partial charge in [0.05, 0.1) is 0 Å². The summed E-state index contributed by atoms with van der Waals surface area (Å²) in [5.41, 5.74) is 0.301. The Balaban J connectivity index is -0.0000000800. The summed E-state index contributed by atoms with van der Waals surface area (Å²) in [6.07, 6.45) is 0. The molecule has 1 radical (unpaired) electrons. The molecule has 0 bridgehead atoms. The van der Waals surface area contributed by atoms with E-state index in [1.807, 2.05) is 13.8 Å². The molecule has 0 N–H and O–H groups in total. The number of hydrogen-bond donors (Lipinski definition) is 0. The second-order valence-corrected chi connectivity index (χ2v) is 2.44. The van der Waals surface area contributed by atoms with Crippen molar-refractivity contribution in [3.05, 3.63) is 0 Å². The quantitative estimate of drug-likeness (QED) is 0.634. The molecule has 0 aromatic heterocycles. The van der Waals surface area contributed by atoms with Crippen LogP contribution in [0.5, 0.6) is 0 Å². The second-order valence-electron chi connectivity index (χ2n) is 1.20. The van der Waals surface area contributed by atoms with Gasteiger partial charge in [-0.1, -0.05) is 13.8 Å². The summed E-state index contributed by atoms with van der Waals surface area (Å²) < 4.78 is 9.60. The van der Waals surface area contributed by atoms with E-state index in [0.29, 0.717) is 5.66 Å². The van der Waals surface area contributed by atoms with Crippen molar-refractivity contribution in [3.8, 4) is 0 Å². The van der Waals surface area contributed by atoms with Crippen molar-refractivity contribution in [1.82, 2.24) is 0 Å². The number of rotatable bonds is 1. The third kappa shape index (κ3) is 18.2. The van der Waals surface area contributed by atoms with Crippen molar-refractivity contribution in [2.75, 3.05) is 0 Å². The first-order valence-electron chi connectivity index (χ1n) is 1.60. The molecule has 0 saturated heterocycles. The van der Waals surface area contributed by atoms with E-state index in [-0.39, 0.29) is 58.1 Å². The molecule has 7 heavy (non-hydrogen) atoms. The minimum atomic E-state index is 0. The Hall–Kier alpha value is 1.74. The molecule has 0 aromatic carbocycles. The van der Waals surface area contributed by atoms with Gasteiger partial charge in [-0.25, -0.2) is 0 Å². The SMILES string of the molecule is CC(C)P=O.[U].[V]. The fourth-order valence-electron chi connectivity index (χ4n) is 0. The van der Waals surface area contributed by atoms with Gasteiger partial charge in [-0.3, -0.25) is 4.57 Å². The first-order chi connectivity index (χ1) is 2.27. The van der Waals surface area contributed by atoms with Crippen LogP contribution in [0, 0.1) is 31.1 Å². The van der Waals surface area contributed by atoms with E-state index in [1.165, 1.54) is 0 Å². The van der Waals surface area contributed by atoms with Crippen molar-refractivity contribution in [2.45, 2.75) is 19.5 Å². The monoisotopic (exact) mass is 379 g/mol. The van der Waals surface area contributed by atoms with Gasteiger partial charge in [0.2, 0.25) is 0 Å². The summed E-state index contributed by atoms with van der Waals surface area (Å²) in [6.45, 7) is 3.79. The number of hydrogen-bond acceptors (Lipinski definition) is 1. The maximum Gasteiger partial charge on any atom is 0.158 e. The van der Waals surface area contributed by atoms with Gasteiger partial charge >= 0.3 is 0 Å². The molecule has 0 amide bonds. The summed E-state index contributed by atoms with van der Waals surface area (Å²) in [7, 11) is 0.247. The Morgan fingerprint density at radius 3 is 1.57 bits per heavy atom. The molecule has 0 fully saturated rings. The van der Waals surface area contributed by atoms with Crippen LogP contribution in [0.1, 0.15) is 13.8 Å². The van der Waals surface area contributed by atoms with Crippen LogP contribution in [-0.2, 0) is 23.1 Å². The van der Waals surface area contributed by atoms with E-state index in [4.69, 9.17) is 0 Å². The van der Waals surface area contributed by atoms with Crippen molar-refractivity contribution in [1.29, 1.82) is 0 Å². The molecule has 0 aliphatic heterocycles. The van der Waals surface area contributed by atoms with Gasteiger partial charge in [0.1, 0.15) is 0 Å². The van der Waals surface area contributed by atoms with Gasteiger partial charge in [0.15, 0.2) is 8.46 Å². The Morgan fingerprint density at radius 2 is 1.57 bits per heavy atom. The van der Waals surface area contributed by atoms with E-state index in [9.17, 15) is 4.57 Å². The van der Waals surface area contributed by atoms with Gasteiger partial charge in [-0.15, -0.1) is 0 Å². The predicted octanol–water partition coefficient (Wildman–Crippen LogP) is 1.68. The van der Waals surface area contributed by atoms with Crippen LogP contribution < -0.4 is 0 Å². The van der Waals surface area contributed by atoms with E-state index in [1.54, 1.807) is 0 Å². The second kappa shape index (κ2) is 10.7. The molecule has 1 nitrogen and oxygen atoms in total. The normalized spacial score (nSPS) is 7.29. The summed E-state index contributed by atoms with van der Waals surface area (Å²) in [6, 6.07) is 0. The Morgan fingerprint density at radius 1 is 1.43 bits per heavy atom. The van der Waals surface area contributed by atoms with E-state index < -0.39 is 0 Å². The first kappa shape index (κ1) is 15.9. The topological polar surface area (TPSA) is 17.1 Å². The third-order valence-electron chi connectivity index (χ3n) is 0.211. The zero-order valence-corrected chi connectivity index (χ0v) is 10.8. The third-order valence-corrected chi connectivity index (χ3v) is 0.632. The van der Waals surface area contributed by atoms with Gasteiger partial charge in [-0.05, 0) is 0 Å². The van der Waals surface area contributed by atoms with Gasteiger partial charge < -0.3 is 0 Å². The zero-order chi connectivity index (χ0) is 4.28. The average molecular weight is 379 g/mol. The van der Waals surface area contributed by atoms with Gasteiger partial charge in [-0.2, -0.15) is 0 Å². The van der Waals surface area contributed by atoms with E-state index >= 15 is 0 Å². The summed E-state index contributed by atoms with van der Waals surface area (Å²) in [5, 5.41) is 0. The molecule has 0 heterocycles. The van der Waals surface area contributed by atoms with Gasteiger partial charge in [0, 0.05) is 55.3 Å². The Kier molecular flexibility index (Phi) is 24.2. The first-order valence-corrected chi connectivity index (χ1v) is 2.48. The van der Waals surface area contributed by atoms with Crippen LogP contribution in [0.3, 0.4) is 0 Å². The molecule has 0 rings (SSSR count). The maximum absolute atomic E-state index is 9.60. The summed E-state index contributed by atoms with van der Waals surface area (Å²) >= 11 is 0. The molecule has 0 aromatic rings. The molecule has 39 valence electrons. The minimum absolute atomic E-state index is 0. The standard InChI is InChI=1S/C3H7OP.U.V/c1-3(2)5-4;;/h3H,1-2H3;;. The van der Waals surface area contributed by atoms with Gasteiger partial charge in [0.25, 0.3) is 0 Å². The molecule has 0 spiro atoms. The summed E-state index contributed by atoms with van der Waals surface area (Å²) in [4.78, 5) is 0. The van der Waals surface area contributed by atoms with E-state index in [0.717, 1.165) is 0 Å². The van der Waals surface area contributed by atoms with Crippen LogP contribution in [0.15, 0.2) is 0 Å². The predicted molar refractivity (Wildman–Crippen MR) is 22.7 cm³/mol.